The summed E-state index contributed by atoms with van der Waals surface area (Å²) in [5.74, 6) is 0. The number of nitrogens with zero attached hydrogens (tertiary/aromatic N) is 2. The van der Waals surface area contributed by atoms with Crippen LogP contribution in [0.4, 0.5) is 5.69 Å². The van der Waals surface area contributed by atoms with E-state index in [2.05, 4.69) is 35.2 Å². The van der Waals surface area contributed by atoms with Gasteiger partial charge in [-0.3, -0.25) is 0 Å². The fourth-order valence-electron chi connectivity index (χ4n) is 2.21. The molecule has 1 aromatic carbocycles. The zero-order valence-corrected chi connectivity index (χ0v) is 10.4. The van der Waals surface area contributed by atoms with E-state index < -0.39 is 0 Å². The highest BCUT2D eigenvalue weighted by Crippen LogP contribution is 2.37. The number of benzene rings is 1. The molecule has 1 saturated heterocycles. The number of nitriles is 1. The van der Waals surface area contributed by atoms with Gasteiger partial charge in [0.25, 0.3) is 0 Å². The third kappa shape index (κ3) is 2.27. The highest BCUT2D eigenvalue weighted by Gasteiger charge is 2.39. The van der Waals surface area contributed by atoms with E-state index in [1.807, 2.05) is 14.1 Å². The molecule has 0 spiro atoms. The Morgan fingerprint density at radius 1 is 1.29 bits per heavy atom. The van der Waals surface area contributed by atoms with Crippen LogP contribution >= 0.6 is 0 Å². The molecule has 0 saturated carbocycles. The molecule has 1 fully saturated rings. The van der Waals surface area contributed by atoms with Crippen molar-refractivity contribution < 1.29 is 4.74 Å². The van der Waals surface area contributed by atoms with Crippen LogP contribution in [0.25, 0.3) is 0 Å². The lowest BCUT2D eigenvalue weighted by Gasteiger charge is -2.41. The largest absolute Gasteiger partial charge is 0.379 e. The molecule has 0 N–H and O–H groups in total. The van der Waals surface area contributed by atoms with Crippen molar-refractivity contribution in [3.8, 4) is 6.07 Å². The van der Waals surface area contributed by atoms with Crippen molar-refractivity contribution in [2.24, 2.45) is 0 Å². The second kappa shape index (κ2) is 4.77. The number of hydrogen-bond acceptors (Lipinski definition) is 3. The van der Waals surface area contributed by atoms with Gasteiger partial charge in [-0.15, -0.1) is 0 Å². The Labute approximate surface area is 103 Å². The molecule has 0 aromatic heterocycles. The van der Waals surface area contributed by atoms with Gasteiger partial charge in [0.1, 0.15) is 0 Å². The van der Waals surface area contributed by atoms with Gasteiger partial charge in [-0.25, -0.2) is 0 Å². The first kappa shape index (κ1) is 11.9. The van der Waals surface area contributed by atoms with Crippen LogP contribution in [0.1, 0.15) is 18.4 Å². The van der Waals surface area contributed by atoms with Crippen molar-refractivity contribution in [3.05, 3.63) is 29.8 Å². The lowest BCUT2D eigenvalue weighted by molar-refractivity contribution is -0.0636. The average molecular weight is 230 g/mol. The Morgan fingerprint density at radius 2 is 1.94 bits per heavy atom. The summed E-state index contributed by atoms with van der Waals surface area (Å²) in [6.07, 6.45) is 1.49. The number of ether oxygens (including phenoxy) is 1. The third-order valence-corrected chi connectivity index (χ3v) is 3.47. The highest BCUT2D eigenvalue weighted by molar-refractivity contribution is 5.47. The van der Waals surface area contributed by atoms with Gasteiger partial charge in [-0.1, -0.05) is 12.1 Å². The molecule has 0 amide bonds. The van der Waals surface area contributed by atoms with Crippen molar-refractivity contribution in [1.82, 2.24) is 0 Å². The minimum atomic E-state index is 0.0839. The zero-order valence-electron chi connectivity index (χ0n) is 10.4. The summed E-state index contributed by atoms with van der Waals surface area (Å²) in [5, 5.41) is 8.72. The normalized spacial score (nSPS) is 17.0. The number of anilines is 1. The predicted octanol–water partition coefficient (Wildman–Crippen LogP) is 2.32. The van der Waals surface area contributed by atoms with E-state index in [0.29, 0.717) is 6.42 Å². The minimum absolute atomic E-state index is 0.0839. The lowest BCUT2D eigenvalue weighted by atomic mass is 9.75. The molecule has 1 aromatic rings. The highest BCUT2D eigenvalue weighted by atomic mass is 16.5. The Morgan fingerprint density at radius 3 is 2.35 bits per heavy atom. The van der Waals surface area contributed by atoms with Crippen LogP contribution in [-0.4, -0.2) is 27.3 Å². The second-order valence-electron chi connectivity index (χ2n) is 4.87. The van der Waals surface area contributed by atoms with E-state index in [1.54, 1.807) is 0 Å². The molecule has 90 valence electrons. The average Bonchev–Trinajstić information content (AvgIpc) is 2.28. The Bertz CT molecular complexity index is 413. The summed E-state index contributed by atoms with van der Waals surface area (Å²) < 4.78 is 5.35. The molecule has 0 bridgehead atoms. The van der Waals surface area contributed by atoms with Crippen molar-refractivity contribution in [2.45, 2.75) is 18.3 Å². The molecule has 2 rings (SSSR count). The Kier molecular flexibility index (Phi) is 3.35. The maximum atomic E-state index is 8.72. The molecular formula is C14H18N2O. The predicted molar refractivity (Wildman–Crippen MR) is 68.1 cm³/mol. The van der Waals surface area contributed by atoms with E-state index >= 15 is 0 Å². The summed E-state index contributed by atoms with van der Waals surface area (Å²) in [6.45, 7) is 1.49. The summed E-state index contributed by atoms with van der Waals surface area (Å²) in [7, 11) is 4.07. The van der Waals surface area contributed by atoms with E-state index in [0.717, 1.165) is 19.6 Å². The molecular weight excluding hydrogens is 212 g/mol. The molecule has 1 heterocycles. The Balaban J connectivity index is 2.17. The fourth-order valence-corrected chi connectivity index (χ4v) is 2.21. The van der Waals surface area contributed by atoms with E-state index in [9.17, 15) is 0 Å². The molecule has 0 atom stereocenters. The summed E-state index contributed by atoms with van der Waals surface area (Å²) in [5.41, 5.74) is 2.58. The first-order valence-electron chi connectivity index (χ1n) is 5.90. The van der Waals surface area contributed by atoms with Crippen molar-refractivity contribution in [2.75, 3.05) is 32.2 Å². The summed E-state index contributed by atoms with van der Waals surface area (Å²) in [4.78, 5) is 2.09. The van der Waals surface area contributed by atoms with E-state index in [-0.39, 0.29) is 5.41 Å². The third-order valence-electron chi connectivity index (χ3n) is 3.47. The quantitative estimate of drug-likeness (QED) is 0.796. The molecule has 1 aliphatic heterocycles. The van der Waals surface area contributed by atoms with Gasteiger partial charge in [0.2, 0.25) is 0 Å². The summed E-state index contributed by atoms with van der Waals surface area (Å²) >= 11 is 0. The van der Waals surface area contributed by atoms with Crippen LogP contribution in [0.2, 0.25) is 0 Å². The minimum Gasteiger partial charge on any atom is -0.379 e. The maximum Gasteiger partial charge on any atom is 0.0622 e. The van der Waals surface area contributed by atoms with Crippen LogP contribution in [0.5, 0.6) is 0 Å². The second-order valence-corrected chi connectivity index (χ2v) is 4.87. The smallest absolute Gasteiger partial charge is 0.0622 e. The summed E-state index contributed by atoms with van der Waals surface area (Å²) in [6, 6.07) is 10.8. The van der Waals surface area contributed by atoms with E-state index in [1.165, 1.54) is 11.3 Å². The molecule has 1 aliphatic rings. The van der Waals surface area contributed by atoms with Crippen molar-refractivity contribution >= 4 is 5.69 Å². The van der Waals surface area contributed by atoms with Gasteiger partial charge in [-0.2, -0.15) is 5.26 Å². The molecule has 0 radical (unpaired) electrons. The van der Waals surface area contributed by atoms with Crippen LogP contribution in [-0.2, 0) is 10.2 Å². The van der Waals surface area contributed by atoms with Crippen molar-refractivity contribution in [3.63, 3.8) is 0 Å². The van der Waals surface area contributed by atoms with Gasteiger partial charge >= 0.3 is 0 Å². The number of hydrogen-bond donors (Lipinski definition) is 0. The van der Waals surface area contributed by atoms with Gasteiger partial charge in [0, 0.05) is 31.6 Å². The first-order valence-corrected chi connectivity index (χ1v) is 5.90. The maximum absolute atomic E-state index is 8.72. The molecule has 0 aliphatic carbocycles. The Hall–Kier alpha value is -1.53. The van der Waals surface area contributed by atoms with Crippen LogP contribution in [0.15, 0.2) is 24.3 Å². The van der Waals surface area contributed by atoms with Gasteiger partial charge in [0.05, 0.1) is 19.3 Å². The van der Waals surface area contributed by atoms with Gasteiger partial charge in [-0.05, 0) is 24.1 Å². The molecule has 3 heteroatoms. The van der Waals surface area contributed by atoms with Crippen LogP contribution in [0.3, 0.4) is 0 Å². The monoisotopic (exact) mass is 230 g/mol. The lowest BCUT2D eigenvalue weighted by Crippen LogP contribution is -2.46. The SMILES string of the molecule is CN(C)c1ccc(C2(CCC#N)COC2)cc1. The van der Waals surface area contributed by atoms with E-state index in [4.69, 9.17) is 10.00 Å². The zero-order chi connectivity index (χ0) is 12.3. The van der Waals surface area contributed by atoms with Gasteiger partial charge in [0.15, 0.2) is 0 Å². The topological polar surface area (TPSA) is 36.3 Å². The standard InChI is InChI=1S/C14H18N2O/c1-16(2)13-6-4-12(5-7-13)14(8-3-9-15)10-17-11-14/h4-7H,3,8,10-11H2,1-2H3. The molecule has 3 nitrogen and oxygen atoms in total. The van der Waals surface area contributed by atoms with Crippen LogP contribution < -0.4 is 4.90 Å². The van der Waals surface area contributed by atoms with Crippen molar-refractivity contribution in [1.29, 1.82) is 5.26 Å². The molecule has 0 unspecified atom stereocenters. The van der Waals surface area contributed by atoms with Gasteiger partial charge < -0.3 is 9.64 Å². The molecule has 17 heavy (non-hydrogen) atoms. The van der Waals surface area contributed by atoms with Crippen LogP contribution in [0, 0.1) is 11.3 Å². The fraction of sp³-hybridized carbons (Fsp3) is 0.500. The first-order chi connectivity index (χ1) is 8.18. The number of rotatable bonds is 4.